The molecule has 29 heavy (non-hydrogen) atoms. The Morgan fingerprint density at radius 3 is 2.55 bits per heavy atom. The Labute approximate surface area is 168 Å². The van der Waals surface area contributed by atoms with Crippen molar-refractivity contribution in [1.82, 2.24) is 0 Å². The molecule has 0 heterocycles. The molecule has 0 fully saturated rings. The van der Waals surface area contributed by atoms with E-state index >= 15 is 0 Å². The van der Waals surface area contributed by atoms with E-state index in [0.717, 1.165) is 11.1 Å². The van der Waals surface area contributed by atoms with Crippen LogP contribution in [-0.2, 0) is 27.1 Å². The summed E-state index contributed by atoms with van der Waals surface area (Å²) in [5.74, 6) is -0.911. The lowest BCUT2D eigenvalue weighted by molar-refractivity contribution is -0.131. The summed E-state index contributed by atoms with van der Waals surface area (Å²) in [6.07, 6.45) is 1.95. The zero-order valence-electron chi connectivity index (χ0n) is 16.7. The molecule has 0 aliphatic heterocycles. The van der Waals surface area contributed by atoms with Gasteiger partial charge < -0.3 is 14.2 Å². The molecule has 6 heteroatoms. The van der Waals surface area contributed by atoms with Gasteiger partial charge in [-0.05, 0) is 43.0 Å². The molecule has 0 amide bonds. The van der Waals surface area contributed by atoms with Crippen LogP contribution < -0.4 is 4.74 Å². The molecule has 0 spiro atoms. The molecule has 2 aromatic carbocycles. The molecule has 4 rings (SSSR count). The maximum atomic E-state index is 13.5. The van der Waals surface area contributed by atoms with Gasteiger partial charge in [0.25, 0.3) is 0 Å². The van der Waals surface area contributed by atoms with Crippen LogP contribution in [0.4, 0.5) is 0 Å². The first kappa shape index (κ1) is 19.5. The second-order valence-corrected chi connectivity index (χ2v) is 7.73. The van der Waals surface area contributed by atoms with E-state index in [9.17, 15) is 14.4 Å². The van der Waals surface area contributed by atoms with Crippen LogP contribution in [0.25, 0.3) is 0 Å². The van der Waals surface area contributed by atoms with Crippen LogP contribution in [0.1, 0.15) is 63.2 Å². The summed E-state index contributed by atoms with van der Waals surface area (Å²) < 4.78 is 16.1. The molecule has 1 unspecified atom stereocenters. The van der Waals surface area contributed by atoms with Gasteiger partial charge in [-0.3, -0.25) is 14.4 Å². The highest BCUT2D eigenvalue weighted by Crippen LogP contribution is 2.40. The van der Waals surface area contributed by atoms with Crippen LogP contribution >= 0.6 is 0 Å². The molecule has 0 N–H and O–H groups in total. The fourth-order valence-corrected chi connectivity index (χ4v) is 4.26. The fraction of sp³-hybridized carbons (Fsp3) is 0.348. The van der Waals surface area contributed by atoms with E-state index in [1.54, 1.807) is 31.4 Å². The van der Waals surface area contributed by atoms with E-state index in [1.165, 1.54) is 6.92 Å². The van der Waals surface area contributed by atoms with Crippen molar-refractivity contribution in [2.75, 3.05) is 13.9 Å². The zero-order valence-corrected chi connectivity index (χ0v) is 16.7. The van der Waals surface area contributed by atoms with Crippen molar-refractivity contribution in [3.8, 4) is 5.75 Å². The molecule has 0 radical (unpaired) electrons. The number of ketones is 2. The predicted octanol–water partition coefficient (Wildman–Crippen LogP) is 3.26. The van der Waals surface area contributed by atoms with E-state index in [0.29, 0.717) is 30.4 Å². The van der Waals surface area contributed by atoms with Gasteiger partial charge in [0.15, 0.2) is 11.6 Å². The Balaban J connectivity index is 1.81. The van der Waals surface area contributed by atoms with Crippen molar-refractivity contribution in [1.29, 1.82) is 0 Å². The Morgan fingerprint density at radius 1 is 1.07 bits per heavy atom. The molecule has 150 valence electrons. The topological polar surface area (TPSA) is 78.9 Å². The molecule has 2 aromatic rings. The number of carbonyl (C=O) groups excluding carboxylic acids is 3. The molecule has 0 saturated heterocycles. The van der Waals surface area contributed by atoms with Crippen molar-refractivity contribution < 1.29 is 28.6 Å². The van der Waals surface area contributed by atoms with E-state index in [2.05, 4.69) is 0 Å². The minimum atomic E-state index is -0.536. The van der Waals surface area contributed by atoms with Gasteiger partial charge in [-0.1, -0.05) is 18.2 Å². The first-order chi connectivity index (χ1) is 13.8. The predicted molar refractivity (Wildman–Crippen MR) is 104 cm³/mol. The normalized spacial score (nSPS) is 20.0. The molecule has 0 bridgehead atoms. The highest BCUT2D eigenvalue weighted by Gasteiger charge is 2.39. The SMILES string of the molecule is COCOC1(C)CCc2c(ccc3c2C(=O)c2c(OC(C)=O)cccc2C3=O)C1. The summed E-state index contributed by atoms with van der Waals surface area (Å²) in [5, 5.41) is 0. The molecule has 6 nitrogen and oxygen atoms in total. The average Bonchev–Trinajstić information content (AvgIpc) is 2.69. The number of hydrogen-bond acceptors (Lipinski definition) is 6. The molecular formula is C23H22O6. The standard InChI is InChI=1S/C23H22O6/c1-13(24)29-18-6-4-5-16-20(18)22(26)19-15-9-10-23(2,28-12-27-3)11-14(15)7-8-17(19)21(16)25/h4-8H,9-12H2,1-3H3. The third kappa shape index (κ3) is 3.28. The van der Waals surface area contributed by atoms with Crippen LogP contribution in [0.15, 0.2) is 30.3 Å². The largest absolute Gasteiger partial charge is 0.426 e. The number of esters is 1. The monoisotopic (exact) mass is 394 g/mol. The van der Waals surface area contributed by atoms with Gasteiger partial charge >= 0.3 is 5.97 Å². The van der Waals surface area contributed by atoms with Crippen LogP contribution in [0.5, 0.6) is 5.75 Å². The Bertz CT molecular complexity index is 1040. The average molecular weight is 394 g/mol. The molecule has 1 atom stereocenters. The van der Waals surface area contributed by atoms with Gasteiger partial charge in [-0.25, -0.2) is 0 Å². The maximum Gasteiger partial charge on any atom is 0.308 e. The van der Waals surface area contributed by atoms with E-state index in [4.69, 9.17) is 14.2 Å². The van der Waals surface area contributed by atoms with Crippen molar-refractivity contribution in [3.05, 3.63) is 63.7 Å². The van der Waals surface area contributed by atoms with Crippen LogP contribution in [-0.4, -0.2) is 37.0 Å². The number of benzene rings is 2. The summed E-state index contributed by atoms with van der Waals surface area (Å²) in [4.78, 5) is 38.1. The van der Waals surface area contributed by atoms with Gasteiger partial charge in [0.2, 0.25) is 0 Å². The van der Waals surface area contributed by atoms with Crippen molar-refractivity contribution >= 4 is 17.5 Å². The minimum Gasteiger partial charge on any atom is -0.426 e. The third-order valence-electron chi connectivity index (χ3n) is 5.63. The summed E-state index contributed by atoms with van der Waals surface area (Å²) in [6.45, 7) is 3.49. The number of ether oxygens (including phenoxy) is 3. The van der Waals surface area contributed by atoms with Gasteiger partial charge in [0, 0.05) is 37.1 Å². The lowest BCUT2D eigenvalue weighted by Crippen LogP contribution is -2.37. The van der Waals surface area contributed by atoms with Crippen molar-refractivity contribution in [2.24, 2.45) is 0 Å². The highest BCUT2D eigenvalue weighted by atomic mass is 16.7. The third-order valence-corrected chi connectivity index (χ3v) is 5.63. The van der Waals surface area contributed by atoms with Gasteiger partial charge in [-0.2, -0.15) is 0 Å². The van der Waals surface area contributed by atoms with Crippen LogP contribution in [0, 0.1) is 0 Å². The molecule has 2 aliphatic carbocycles. The first-order valence-electron chi connectivity index (χ1n) is 9.53. The summed E-state index contributed by atoms with van der Waals surface area (Å²) in [5.41, 5.74) is 2.74. The number of hydrogen-bond donors (Lipinski definition) is 0. The second-order valence-electron chi connectivity index (χ2n) is 7.73. The van der Waals surface area contributed by atoms with Gasteiger partial charge in [0.05, 0.1) is 11.2 Å². The van der Waals surface area contributed by atoms with Crippen LogP contribution in [0.3, 0.4) is 0 Å². The smallest absolute Gasteiger partial charge is 0.308 e. The number of carbonyl (C=O) groups is 3. The lowest BCUT2D eigenvalue weighted by atomic mass is 9.74. The fourth-order valence-electron chi connectivity index (χ4n) is 4.26. The van der Waals surface area contributed by atoms with Gasteiger partial charge in [-0.15, -0.1) is 0 Å². The van der Waals surface area contributed by atoms with E-state index in [-0.39, 0.29) is 40.8 Å². The molecular weight excluding hydrogens is 372 g/mol. The van der Waals surface area contributed by atoms with E-state index < -0.39 is 5.97 Å². The molecule has 2 aliphatic rings. The molecule has 0 saturated carbocycles. The van der Waals surface area contributed by atoms with Crippen molar-refractivity contribution in [2.45, 2.75) is 38.7 Å². The minimum absolute atomic E-state index is 0.126. The summed E-state index contributed by atoms with van der Waals surface area (Å²) in [7, 11) is 1.58. The number of fused-ring (bicyclic) bond motifs is 4. The number of rotatable bonds is 4. The molecule has 0 aromatic heterocycles. The van der Waals surface area contributed by atoms with Crippen molar-refractivity contribution in [3.63, 3.8) is 0 Å². The summed E-state index contributed by atoms with van der Waals surface area (Å²) >= 11 is 0. The lowest BCUT2D eigenvalue weighted by Gasteiger charge is -2.36. The Morgan fingerprint density at radius 2 is 1.83 bits per heavy atom. The number of methoxy groups -OCH3 is 1. The van der Waals surface area contributed by atoms with E-state index in [1.807, 2.05) is 13.0 Å². The van der Waals surface area contributed by atoms with Crippen LogP contribution in [0.2, 0.25) is 0 Å². The highest BCUT2D eigenvalue weighted by molar-refractivity contribution is 6.30. The Kier molecular flexibility index (Phi) is 4.84. The quantitative estimate of drug-likeness (QED) is 0.384. The summed E-state index contributed by atoms with van der Waals surface area (Å²) in [6, 6.07) is 8.39. The zero-order chi connectivity index (χ0) is 20.8. The second kappa shape index (κ2) is 7.21. The van der Waals surface area contributed by atoms with Gasteiger partial charge in [0.1, 0.15) is 12.5 Å². The first-order valence-corrected chi connectivity index (χ1v) is 9.53. The Hall–Kier alpha value is -2.83. The maximum absolute atomic E-state index is 13.5.